The Bertz CT molecular complexity index is 548. The second kappa shape index (κ2) is 4.91. The molecule has 0 aromatic carbocycles. The highest BCUT2D eigenvalue weighted by molar-refractivity contribution is 7.89. The number of piperidine rings is 1. The first-order valence-corrected chi connectivity index (χ1v) is 6.96. The molecule has 18 heavy (non-hydrogen) atoms. The van der Waals surface area contributed by atoms with Crippen LogP contribution in [-0.4, -0.2) is 31.9 Å². The van der Waals surface area contributed by atoms with Crippen LogP contribution in [-0.2, 0) is 14.8 Å². The average molecular weight is 270 g/mol. The van der Waals surface area contributed by atoms with E-state index < -0.39 is 10.0 Å². The van der Waals surface area contributed by atoms with Gasteiger partial charge in [0.15, 0.2) is 0 Å². The van der Waals surface area contributed by atoms with E-state index in [4.69, 9.17) is 5.73 Å². The molecular weight excluding hydrogens is 256 g/mol. The van der Waals surface area contributed by atoms with Gasteiger partial charge in [0.25, 0.3) is 0 Å². The summed E-state index contributed by atoms with van der Waals surface area (Å²) in [6.45, 7) is 0.290. The molecule has 7 nitrogen and oxygen atoms in total. The van der Waals surface area contributed by atoms with Gasteiger partial charge in [-0.05, 0) is 12.5 Å². The number of carbonyl (C=O) groups is 1. The summed E-state index contributed by atoms with van der Waals surface area (Å²) < 4.78 is 26.6. The molecule has 0 spiro atoms. The number of nitrogens with two attached hydrogens (primary N) is 1. The van der Waals surface area contributed by atoms with Gasteiger partial charge < -0.3 is 11.1 Å². The largest absolute Gasteiger partial charge is 0.398 e. The van der Waals surface area contributed by atoms with Crippen molar-refractivity contribution in [2.24, 2.45) is 0 Å². The minimum atomic E-state index is -3.70. The number of amides is 1. The van der Waals surface area contributed by atoms with Gasteiger partial charge in [-0.3, -0.25) is 9.78 Å². The molecule has 0 radical (unpaired) electrons. The molecule has 0 bridgehead atoms. The lowest BCUT2D eigenvalue weighted by molar-refractivity contribution is -0.122. The third-order valence-electron chi connectivity index (χ3n) is 2.69. The number of carbonyl (C=O) groups excluding carboxylic acids is 1. The SMILES string of the molecule is Nc1ccncc1S(=O)(=O)NC1CCC(=O)NC1. The summed E-state index contributed by atoms with van der Waals surface area (Å²) in [5.41, 5.74) is 5.76. The van der Waals surface area contributed by atoms with Crippen LogP contribution >= 0.6 is 0 Å². The number of anilines is 1. The summed E-state index contributed by atoms with van der Waals surface area (Å²) in [6.07, 6.45) is 3.43. The summed E-state index contributed by atoms with van der Waals surface area (Å²) in [7, 11) is -3.70. The maximum Gasteiger partial charge on any atom is 0.244 e. The Morgan fingerprint density at radius 2 is 2.28 bits per heavy atom. The molecule has 1 aliphatic rings. The molecule has 0 aliphatic carbocycles. The number of nitrogen functional groups attached to an aromatic ring is 1. The van der Waals surface area contributed by atoms with Crippen molar-refractivity contribution < 1.29 is 13.2 Å². The van der Waals surface area contributed by atoms with E-state index in [1.165, 1.54) is 18.5 Å². The summed E-state index contributed by atoms with van der Waals surface area (Å²) in [5, 5.41) is 2.61. The van der Waals surface area contributed by atoms with Gasteiger partial charge in [0, 0.05) is 31.4 Å². The van der Waals surface area contributed by atoms with Crippen molar-refractivity contribution in [1.82, 2.24) is 15.0 Å². The number of aromatic nitrogens is 1. The molecule has 1 aromatic heterocycles. The molecule has 98 valence electrons. The number of sulfonamides is 1. The fraction of sp³-hybridized carbons (Fsp3) is 0.400. The van der Waals surface area contributed by atoms with E-state index in [1.807, 2.05) is 0 Å². The van der Waals surface area contributed by atoms with Crippen molar-refractivity contribution in [2.75, 3.05) is 12.3 Å². The van der Waals surface area contributed by atoms with Crippen LogP contribution in [0.4, 0.5) is 5.69 Å². The molecule has 2 rings (SSSR count). The molecule has 1 aliphatic heterocycles. The highest BCUT2D eigenvalue weighted by Crippen LogP contribution is 2.17. The number of hydrogen-bond donors (Lipinski definition) is 3. The van der Waals surface area contributed by atoms with E-state index in [1.54, 1.807) is 0 Å². The van der Waals surface area contributed by atoms with E-state index in [0.29, 0.717) is 12.8 Å². The summed E-state index contributed by atoms with van der Waals surface area (Å²) >= 11 is 0. The predicted molar refractivity (Wildman–Crippen MR) is 65.0 cm³/mol. The van der Waals surface area contributed by atoms with Crippen molar-refractivity contribution in [2.45, 2.75) is 23.8 Å². The quantitative estimate of drug-likeness (QED) is 0.666. The van der Waals surface area contributed by atoms with Crippen molar-refractivity contribution in [1.29, 1.82) is 0 Å². The summed E-state index contributed by atoms with van der Waals surface area (Å²) in [6, 6.07) is 1.12. The van der Waals surface area contributed by atoms with Gasteiger partial charge in [-0.2, -0.15) is 0 Å². The van der Waals surface area contributed by atoms with E-state index >= 15 is 0 Å². The molecule has 1 unspecified atom stereocenters. The minimum Gasteiger partial charge on any atom is -0.398 e. The standard InChI is InChI=1S/C10H14N4O3S/c11-8-3-4-12-6-9(8)18(16,17)14-7-1-2-10(15)13-5-7/h3-4,6-7,14H,1-2,5H2,(H2,11,12)(H,13,15). The van der Waals surface area contributed by atoms with Crippen molar-refractivity contribution in [3.63, 3.8) is 0 Å². The third kappa shape index (κ3) is 2.77. The van der Waals surface area contributed by atoms with E-state index in [2.05, 4.69) is 15.0 Å². The maximum absolute atomic E-state index is 12.1. The number of hydrogen-bond acceptors (Lipinski definition) is 5. The lowest BCUT2D eigenvalue weighted by Crippen LogP contribution is -2.47. The zero-order valence-electron chi connectivity index (χ0n) is 9.59. The zero-order valence-corrected chi connectivity index (χ0v) is 10.4. The Hall–Kier alpha value is -1.67. The van der Waals surface area contributed by atoms with E-state index in [-0.39, 0.29) is 29.1 Å². The first-order valence-electron chi connectivity index (χ1n) is 5.47. The van der Waals surface area contributed by atoms with Crippen LogP contribution < -0.4 is 15.8 Å². The molecule has 1 saturated heterocycles. The Labute approximate surface area is 105 Å². The molecule has 1 amide bonds. The Kier molecular flexibility index (Phi) is 3.48. The third-order valence-corrected chi connectivity index (χ3v) is 4.26. The van der Waals surface area contributed by atoms with Crippen LogP contribution in [0.5, 0.6) is 0 Å². The van der Waals surface area contributed by atoms with Crippen molar-refractivity contribution in [3.8, 4) is 0 Å². The van der Waals surface area contributed by atoms with Gasteiger partial charge in [-0.1, -0.05) is 0 Å². The summed E-state index contributed by atoms with van der Waals surface area (Å²) in [4.78, 5) is 14.7. The molecule has 0 saturated carbocycles. The average Bonchev–Trinajstić information content (AvgIpc) is 2.32. The fourth-order valence-electron chi connectivity index (χ4n) is 1.73. The van der Waals surface area contributed by atoms with Crippen LogP contribution in [0.3, 0.4) is 0 Å². The second-order valence-electron chi connectivity index (χ2n) is 4.07. The number of pyridine rings is 1. The van der Waals surface area contributed by atoms with Gasteiger partial charge in [0.05, 0.1) is 5.69 Å². The van der Waals surface area contributed by atoms with Crippen LogP contribution in [0, 0.1) is 0 Å². The molecule has 2 heterocycles. The first kappa shape index (κ1) is 12.8. The zero-order chi connectivity index (χ0) is 13.2. The molecule has 8 heteroatoms. The van der Waals surface area contributed by atoms with Crippen LogP contribution in [0.1, 0.15) is 12.8 Å². The Morgan fingerprint density at radius 3 is 2.89 bits per heavy atom. The maximum atomic E-state index is 12.1. The van der Waals surface area contributed by atoms with Crippen molar-refractivity contribution >= 4 is 21.6 Å². The van der Waals surface area contributed by atoms with Gasteiger partial charge in [0.2, 0.25) is 15.9 Å². The molecule has 4 N–H and O–H groups in total. The van der Waals surface area contributed by atoms with Crippen LogP contribution in [0.2, 0.25) is 0 Å². The smallest absolute Gasteiger partial charge is 0.244 e. The molecule has 1 aromatic rings. The second-order valence-corrected chi connectivity index (χ2v) is 5.76. The highest BCUT2D eigenvalue weighted by Gasteiger charge is 2.25. The van der Waals surface area contributed by atoms with Gasteiger partial charge in [-0.25, -0.2) is 13.1 Å². The van der Waals surface area contributed by atoms with E-state index in [9.17, 15) is 13.2 Å². The number of rotatable bonds is 3. The lowest BCUT2D eigenvalue weighted by atomic mass is 10.1. The van der Waals surface area contributed by atoms with Crippen LogP contribution in [0.15, 0.2) is 23.4 Å². The molecular formula is C10H14N4O3S. The molecule has 1 atom stereocenters. The Morgan fingerprint density at radius 1 is 1.50 bits per heavy atom. The first-order chi connectivity index (χ1) is 8.49. The summed E-state index contributed by atoms with van der Waals surface area (Å²) in [5.74, 6) is -0.0636. The normalized spacial score (nSPS) is 20.4. The lowest BCUT2D eigenvalue weighted by Gasteiger charge is -2.23. The van der Waals surface area contributed by atoms with Gasteiger partial charge in [0.1, 0.15) is 4.90 Å². The highest BCUT2D eigenvalue weighted by atomic mass is 32.2. The van der Waals surface area contributed by atoms with Gasteiger partial charge in [-0.15, -0.1) is 0 Å². The fourth-order valence-corrected chi connectivity index (χ4v) is 3.08. The van der Waals surface area contributed by atoms with E-state index in [0.717, 1.165) is 0 Å². The monoisotopic (exact) mass is 270 g/mol. The topological polar surface area (TPSA) is 114 Å². The van der Waals surface area contributed by atoms with Gasteiger partial charge >= 0.3 is 0 Å². The van der Waals surface area contributed by atoms with Crippen LogP contribution in [0.25, 0.3) is 0 Å². The molecule has 1 fully saturated rings. The predicted octanol–water partition coefficient (Wildman–Crippen LogP) is -0.779. The number of nitrogens with one attached hydrogen (secondary N) is 2. The minimum absolute atomic E-state index is 0.0399. The van der Waals surface area contributed by atoms with Crippen molar-refractivity contribution in [3.05, 3.63) is 18.5 Å². The number of nitrogens with zero attached hydrogens (tertiary/aromatic N) is 1. The Balaban J connectivity index is 2.13.